The molecular weight excluding hydrogens is 781 g/mol. The van der Waals surface area contributed by atoms with E-state index in [1.165, 1.54) is 86.6 Å². The summed E-state index contributed by atoms with van der Waals surface area (Å²) in [5.41, 5.74) is 16.5. The molecule has 0 saturated carbocycles. The Morgan fingerprint density at radius 1 is 0.302 bits per heavy atom. The second-order valence-corrected chi connectivity index (χ2v) is 17.2. The number of aromatic nitrogens is 1. The minimum absolute atomic E-state index is 1.10. The second-order valence-electron chi connectivity index (χ2n) is 16.1. The molecule has 3 heteroatoms. The molecule has 2 heterocycles. The van der Waals surface area contributed by atoms with Crippen LogP contribution in [0.5, 0.6) is 0 Å². The van der Waals surface area contributed by atoms with Crippen LogP contribution in [0.3, 0.4) is 0 Å². The summed E-state index contributed by atoms with van der Waals surface area (Å²) in [4.78, 5) is 2.35. The summed E-state index contributed by atoms with van der Waals surface area (Å²) < 4.78 is 5.10. The summed E-state index contributed by atoms with van der Waals surface area (Å²) in [5.74, 6) is 0. The SMILES string of the molecule is c1ccc(-c2ccc(-c3ccc(N(c4ccccc4)c4cccc(-c5cccc(-c6cccc7c6c6ccccc6n7-c6cccc7sc8ccccc8c67)c5)c4)cc3)cc2)cc1. The van der Waals surface area contributed by atoms with Crippen LogP contribution in [0.4, 0.5) is 17.1 Å². The summed E-state index contributed by atoms with van der Waals surface area (Å²) in [6.07, 6.45) is 0. The first kappa shape index (κ1) is 36.8. The fraction of sp³-hybridized carbons (Fsp3) is 0. The van der Waals surface area contributed by atoms with E-state index in [9.17, 15) is 0 Å². The van der Waals surface area contributed by atoms with E-state index in [-0.39, 0.29) is 0 Å². The molecule has 0 radical (unpaired) electrons. The van der Waals surface area contributed by atoms with E-state index in [1.54, 1.807) is 0 Å². The molecule has 12 rings (SSSR count). The van der Waals surface area contributed by atoms with E-state index < -0.39 is 0 Å². The summed E-state index contributed by atoms with van der Waals surface area (Å²) in [7, 11) is 0. The molecule has 0 amide bonds. The average Bonchev–Trinajstić information content (AvgIpc) is 3.91. The fourth-order valence-electron chi connectivity index (χ4n) is 9.47. The molecular formula is C60H40N2S. The van der Waals surface area contributed by atoms with Crippen molar-refractivity contribution in [2.24, 2.45) is 0 Å². The van der Waals surface area contributed by atoms with Gasteiger partial charge in [-0.05, 0) is 117 Å². The Bertz CT molecular complexity index is 3600. The fourth-order valence-corrected chi connectivity index (χ4v) is 10.6. The molecule has 0 fully saturated rings. The predicted molar refractivity (Wildman–Crippen MR) is 270 cm³/mol. The minimum atomic E-state index is 1.10. The van der Waals surface area contributed by atoms with Crippen molar-refractivity contribution in [3.63, 3.8) is 0 Å². The lowest BCUT2D eigenvalue weighted by Gasteiger charge is -2.26. The number of benzene rings is 10. The zero-order valence-electron chi connectivity index (χ0n) is 34.4. The minimum Gasteiger partial charge on any atom is -0.310 e. The maximum absolute atomic E-state index is 2.48. The molecule has 0 aliphatic rings. The van der Waals surface area contributed by atoms with Gasteiger partial charge in [0.25, 0.3) is 0 Å². The van der Waals surface area contributed by atoms with Crippen LogP contribution in [0, 0.1) is 0 Å². The van der Waals surface area contributed by atoms with Crippen LogP contribution in [0.1, 0.15) is 0 Å². The van der Waals surface area contributed by atoms with Gasteiger partial charge in [0.2, 0.25) is 0 Å². The Labute approximate surface area is 370 Å². The highest BCUT2D eigenvalue weighted by Gasteiger charge is 2.20. The molecule has 2 aromatic heterocycles. The Morgan fingerprint density at radius 2 is 0.810 bits per heavy atom. The maximum atomic E-state index is 2.48. The van der Waals surface area contributed by atoms with Gasteiger partial charge in [-0.2, -0.15) is 0 Å². The summed E-state index contributed by atoms with van der Waals surface area (Å²) in [6.45, 7) is 0. The van der Waals surface area contributed by atoms with Gasteiger partial charge in [-0.25, -0.2) is 0 Å². The van der Waals surface area contributed by atoms with E-state index in [1.807, 2.05) is 11.3 Å². The number of para-hydroxylation sites is 2. The van der Waals surface area contributed by atoms with Crippen LogP contribution in [0.25, 0.3) is 92.2 Å². The molecule has 12 aromatic rings. The van der Waals surface area contributed by atoms with Crippen LogP contribution in [-0.2, 0) is 0 Å². The van der Waals surface area contributed by atoms with Crippen molar-refractivity contribution in [2.75, 3.05) is 4.90 Å². The molecule has 2 nitrogen and oxygen atoms in total. The molecule has 0 atom stereocenters. The molecule has 0 spiro atoms. The van der Waals surface area contributed by atoms with E-state index in [4.69, 9.17) is 0 Å². The molecule has 63 heavy (non-hydrogen) atoms. The highest BCUT2D eigenvalue weighted by Crippen LogP contribution is 2.44. The van der Waals surface area contributed by atoms with Crippen LogP contribution < -0.4 is 4.90 Å². The largest absolute Gasteiger partial charge is 0.310 e. The first-order chi connectivity index (χ1) is 31.2. The Hall–Kier alpha value is -7.98. The Morgan fingerprint density at radius 3 is 1.59 bits per heavy atom. The first-order valence-corrected chi connectivity index (χ1v) is 22.3. The van der Waals surface area contributed by atoms with Gasteiger partial charge in [0, 0.05) is 48.0 Å². The zero-order valence-corrected chi connectivity index (χ0v) is 35.2. The van der Waals surface area contributed by atoms with Crippen LogP contribution in [0.15, 0.2) is 243 Å². The van der Waals surface area contributed by atoms with Crippen molar-refractivity contribution in [3.8, 4) is 50.2 Å². The Balaban J connectivity index is 0.926. The zero-order chi connectivity index (χ0) is 41.7. The quantitative estimate of drug-likeness (QED) is 0.148. The van der Waals surface area contributed by atoms with Crippen molar-refractivity contribution < 1.29 is 0 Å². The maximum Gasteiger partial charge on any atom is 0.0555 e. The number of anilines is 3. The molecule has 0 bridgehead atoms. The summed E-state index contributed by atoms with van der Waals surface area (Å²) in [5, 5.41) is 5.13. The van der Waals surface area contributed by atoms with Crippen molar-refractivity contribution in [1.29, 1.82) is 0 Å². The Kier molecular flexibility index (Phi) is 9.06. The number of rotatable bonds is 8. The highest BCUT2D eigenvalue weighted by molar-refractivity contribution is 7.25. The number of fused-ring (bicyclic) bond motifs is 6. The number of thiophene rings is 1. The molecule has 0 unspecified atom stereocenters. The monoisotopic (exact) mass is 820 g/mol. The molecule has 10 aromatic carbocycles. The summed E-state index contributed by atoms with van der Waals surface area (Å²) in [6, 6.07) is 88.2. The van der Waals surface area contributed by atoms with E-state index >= 15 is 0 Å². The van der Waals surface area contributed by atoms with Crippen LogP contribution in [-0.4, -0.2) is 4.57 Å². The highest BCUT2D eigenvalue weighted by atomic mass is 32.1. The first-order valence-electron chi connectivity index (χ1n) is 21.5. The van der Waals surface area contributed by atoms with Gasteiger partial charge in [0.05, 0.1) is 16.7 Å². The van der Waals surface area contributed by atoms with E-state index in [0.717, 1.165) is 22.6 Å². The normalized spacial score (nSPS) is 11.5. The lowest BCUT2D eigenvalue weighted by molar-refractivity contribution is 1.20. The molecule has 0 aliphatic heterocycles. The van der Waals surface area contributed by atoms with E-state index in [2.05, 4.69) is 252 Å². The predicted octanol–water partition coefficient (Wildman–Crippen LogP) is 17.3. The third-order valence-corrected chi connectivity index (χ3v) is 13.5. The van der Waals surface area contributed by atoms with Gasteiger partial charge < -0.3 is 9.47 Å². The van der Waals surface area contributed by atoms with E-state index in [0.29, 0.717) is 0 Å². The van der Waals surface area contributed by atoms with Crippen LogP contribution in [0.2, 0.25) is 0 Å². The molecule has 0 saturated heterocycles. The smallest absolute Gasteiger partial charge is 0.0555 e. The number of hydrogen-bond acceptors (Lipinski definition) is 2. The lowest BCUT2D eigenvalue weighted by Crippen LogP contribution is -2.09. The van der Waals surface area contributed by atoms with Gasteiger partial charge in [-0.1, -0.05) is 170 Å². The molecule has 0 N–H and O–H groups in total. The van der Waals surface area contributed by atoms with Gasteiger partial charge >= 0.3 is 0 Å². The third-order valence-electron chi connectivity index (χ3n) is 12.4. The second kappa shape index (κ2) is 15.5. The van der Waals surface area contributed by atoms with Crippen LogP contribution >= 0.6 is 11.3 Å². The lowest BCUT2D eigenvalue weighted by atomic mass is 9.95. The third kappa shape index (κ3) is 6.50. The molecule has 296 valence electrons. The van der Waals surface area contributed by atoms with Gasteiger partial charge in [-0.15, -0.1) is 11.3 Å². The molecule has 0 aliphatic carbocycles. The van der Waals surface area contributed by atoms with Gasteiger partial charge in [0.1, 0.15) is 0 Å². The standard InChI is InChI=1S/C60H40N2S/c1-3-15-41(16-4-1)42-31-33-43(34-32-42)44-35-37-49(38-36-44)61(48-20-5-2-6-21-48)50-22-12-18-46(40-50)45-17-11-19-47(39-45)51-25-13-27-55-59(51)52-23-7-9-26-54(52)62(55)56-28-14-30-58-60(56)53-24-8-10-29-57(53)63-58/h1-40H. The topological polar surface area (TPSA) is 8.17 Å². The van der Waals surface area contributed by atoms with Gasteiger partial charge in [-0.3, -0.25) is 0 Å². The number of nitrogens with zero attached hydrogens (tertiary/aromatic N) is 2. The summed E-state index contributed by atoms with van der Waals surface area (Å²) >= 11 is 1.87. The van der Waals surface area contributed by atoms with Crippen molar-refractivity contribution in [1.82, 2.24) is 4.57 Å². The van der Waals surface area contributed by atoms with Crippen molar-refractivity contribution >= 4 is 70.4 Å². The number of hydrogen-bond donors (Lipinski definition) is 0. The van der Waals surface area contributed by atoms with Crippen molar-refractivity contribution in [3.05, 3.63) is 243 Å². The average molecular weight is 821 g/mol. The van der Waals surface area contributed by atoms with Gasteiger partial charge in [0.15, 0.2) is 0 Å². The van der Waals surface area contributed by atoms with Crippen molar-refractivity contribution in [2.45, 2.75) is 0 Å².